The number of carbonyl (C=O) groups is 1. The van der Waals surface area contributed by atoms with Crippen molar-refractivity contribution in [1.29, 1.82) is 0 Å². The highest BCUT2D eigenvalue weighted by molar-refractivity contribution is 5.74. The van der Waals surface area contributed by atoms with Crippen LogP contribution in [0.25, 0.3) is 0 Å². The van der Waals surface area contributed by atoms with Gasteiger partial charge in [-0.2, -0.15) is 0 Å². The molecule has 1 rings (SSSR count). The first-order chi connectivity index (χ1) is 9.61. The fraction of sp³-hybridized carbons (Fsp3) is 0.562. The molecule has 0 bridgehead atoms. The maximum Gasteiger partial charge on any atom is 0.315 e. The molecule has 0 saturated heterocycles. The molecule has 0 spiro atoms. The van der Waals surface area contributed by atoms with Gasteiger partial charge in [0.2, 0.25) is 0 Å². The van der Waals surface area contributed by atoms with Crippen molar-refractivity contribution in [1.82, 2.24) is 10.6 Å². The maximum absolute atomic E-state index is 11.7. The van der Waals surface area contributed by atoms with Crippen LogP contribution >= 0.6 is 0 Å². The van der Waals surface area contributed by atoms with Crippen LogP contribution < -0.4 is 10.6 Å². The predicted octanol–water partition coefficient (Wildman–Crippen LogP) is 3.20. The molecule has 2 amide bonds. The van der Waals surface area contributed by atoms with E-state index in [0.717, 1.165) is 18.4 Å². The third kappa shape index (κ3) is 7.02. The van der Waals surface area contributed by atoms with E-state index in [1.54, 1.807) is 18.2 Å². The summed E-state index contributed by atoms with van der Waals surface area (Å²) in [5.41, 5.74) is 1.02. The molecule has 0 fully saturated rings. The Labute approximate surface area is 121 Å². The Kier molecular flexibility index (Phi) is 7.55. The number of urea groups is 1. The summed E-state index contributed by atoms with van der Waals surface area (Å²) in [5, 5.41) is 15.1. The van der Waals surface area contributed by atoms with Gasteiger partial charge in [0, 0.05) is 12.6 Å². The minimum absolute atomic E-state index is 0.117. The lowest BCUT2D eigenvalue weighted by Crippen LogP contribution is -2.41. The van der Waals surface area contributed by atoms with Crippen molar-refractivity contribution in [3.63, 3.8) is 0 Å². The molecule has 1 unspecified atom stereocenters. The van der Waals surface area contributed by atoms with Crippen molar-refractivity contribution in [2.45, 2.75) is 52.0 Å². The Bertz CT molecular complexity index is 407. The van der Waals surface area contributed by atoms with Crippen molar-refractivity contribution in [3.8, 4) is 5.75 Å². The number of benzene rings is 1. The number of rotatable bonds is 8. The normalized spacial score (nSPS) is 11.9. The van der Waals surface area contributed by atoms with Crippen LogP contribution in [-0.2, 0) is 6.42 Å². The largest absolute Gasteiger partial charge is 0.508 e. The quantitative estimate of drug-likeness (QED) is 0.639. The zero-order chi connectivity index (χ0) is 14.8. The Balaban J connectivity index is 2.16. The minimum atomic E-state index is -0.117. The number of hydrogen-bond acceptors (Lipinski definition) is 2. The fourth-order valence-electron chi connectivity index (χ4n) is 2.08. The van der Waals surface area contributed by atoms with E-state index >= 15 is 0 Å². The van der Waals surface area contributed by atoms with Crippen LogP contribution in [0.1, 0.15) is 45.1 Å². The Hall–Kier alpha value is -1.71. The first-order valence-corrected chi connectivity index (χ1v) is 7.44. The summed E-state index contributed by atoms with van der Waals surface area (Å²) in [4.78, 5) is 11.7. The zero-order valence-corrected chi connectivity index (χ0v) is 12.5. The molecule has 0 aliphatic carbocycles. The van der Waals surface area contributed by atoms with Gasteiger partial charge in [-0.25, -0.2) is 4.79 Å². The number of phenolic OH excluding ortho intramolecular Hbond substituents is 1. The molecular weight excluding hydrogens is 252 g/mol. The van der Waals surface area contributed by atoms with Gasteiger partial charge in [-0.3, -0.25) is 0 Å². The van der Waals surface area contributed by atoms with E-state index in [0.29, 0.717) is 13.0 Å². The van der Waals surface area contributed by atoms with Crippen molar-refractivity contribution in [2.24, 2.45) is 0 Å². The van der Waals surface area contributed by atoms with Gasteiger partial charge >= 0.3 is 6.03 Å². The number of carbonyl (C=O) groups excluding carboxylic acids is 1. The Morgan fingerprint density at radius 3 is 2.85 bits per heavy atom. The van der Waals surface area contributed by atoms with Gasteiger partial charge < -0.3 is 15.7 Å². The molecule has 20 heavy (non-hydrogen) atoms. The molecule has 3 N–H and O–H groups in total. The number of nitrogens with one attached hydrogen (secondary N) is 2. The summed E-state index contributed by atoms with van der Waals surface area (Å²) >= 11 is 0. The van der Waals surface area contributed by atoms with Gasteiger partial charge in [0.15, 0.2) is 0 Å². The second kappa shape index (κ2) is 9.23. The summed E-state index contributed by atoms with van der Waals surface area (Å²) in [6, 6.07) is 7.19. The van der Waals surface area contributed by atoms with Gasteiger partial charge in [0.25, 0.3) is 0 Å². The molecule has 0 aliphatic heterocycles. The number of unbranched alkanes of at least 4 members (excludes halogenated alkanes) is 2. The molecule has 0 saturated carbocycles. The SMILES string of the molecule is CCCCCC(C)NC(=O)NCCc1cccc(O)c1. The number of hydrogen-bond donors (Lipinski definition) is 3. The predicted molar refractivity (Wildman–Crippen MR) is 81.9 cm³/mol. The van der Waals surface area contributed by atoms with Crippen molar-refractivity contribution in [2.75, 3.05) is 6.54 Å². The first-order valence-electron chi connectivity index (χ1n) is 7.44. The third-order valence-electron chi connectivity index (χ3n) is 3.23. The molecule has 4 heteroatoms. The molecule has 0 aliphatic rings. The molecule has 1 aromatic carbocycles. The number of aromatic hydroxyl groups is 1. The number of phenols is 1. The summed E-state index contributed by atoms with van der Waals surface area (Å²) in [6.07, 6.45) is 5.30. The highest BCUT2D eigenvalue weighted by Gasteiger charge is 2.06. The fourth-order valence-corrected chi connectivity index (χ4v) is 2.08. The smallest absolute Gasteiger partial charge is 0.315 e. The first kappa shape index (κ1) is 16.3. The summed E-state index contributed by atoms with van der Waals surface area (Å²) < 4.78 is 0. The van der Waals surface area contributed by atoms with E-state index in [-0.39, 0.29) is 17.8 Å². The van der Waals surface area contributed by atoms with Crippen LogP contribution in [0.4, 0.5) is 4.79 Å². The highest BCUT2D eigenvalue weighted by Crippen LogP contribution is 2.10. The molecule has 1 aromatic rings. The van der Waals surface area contributed by atoms with Gasteiger partial charge in [-0.15, -0.1) is 0 Å². The standard InChI is InChI=1S/C16H26N2O2/c1-3-4-5-7-13(2)18-16(20)17-11-10-14-8-6-9-15(19)12-14/h6,8-9,12-13,19H,3-5,7,10-11H2,1-2H3,(H2,17,18,20). The van der Waals surface area contributed by atoms with Gasteiger partial charge in [0.05, 0.1) is 0 Å². The van der Waals surface area contributed by atoms with Crippen molar-refractivity contribution >= 4 is 6.03 Å². The van der Waals surface area contributed by atoms with Gasteiger partial charge in [0.1, 0.15) is 5.75 Å². The summed E-state index contributed by atoms with van der Waals surface area (Å²) in [5.74, 6) is 0.261. The van der Waals surface area contributed by atoms with Gasteiger partial charge in [-0.1, -0.05) is 38.3 Å². The second-order valence-corrected chi connectivity index (χ2v) is 5.22. The van der Waals surface area contributed by atoms with Crippen LogP contribution in [0.3, 0.4) is 0 Å². The average Bonchev–Trinajstić information content (AvgIpc) is 2.39. The highest BCUT2D eigenvalue weighted by atomic mass is 16.3. The van der Waals surface area contributed by atoms with Gasteiger partial charge in [-0.05, 0) is 37.5 Å². The maximum atomic E-state index is 11.7. The lowest BCUT2D eigenvalue weighted by atomic mass is 10.1. The molecule has 0 radical (unpaired) electrons. The van der Waals surface area contributed by atoms with E-state index in [4.69, 9.17) is 0 Å². The van der Waals surface area contributed by atoms with Crippen LogP contribution in [-0.4, -0.2) is 23.7 Å². The third-order valence-corrected chi connectivity index (χ3v) is 3.23. The lowest BCUT2D eigenvalue weighted by molar-refractivity contribution is 0.237. The summed E-state index contributed by atoms with van der Waals surface area (Å²) in [6.45, 7) is 4.77. The average molecular weight is 278 g/mol. The lowest BCUT2D eigenvalue weighted by Gasteiger charge is -2.14. The molecule has 0 aromatic heterocycles. The Morgan fingerprint density at radius 2 is 2.15 bits per heavy atom. The van der Waals surface area contributed by atoms with E-state index in [1.165, 1.54) is 12.8 Å². The van der Waals surface area contributed by atoms with Crippen LogP contribution in [0, 0.1) is 0 Å². The topological polar surface area (TPSA) is 61.4 Å². The van der Waals surface area contributed by atoms with E-state index in [1.807, 2.05) is 13.0 Å². The molecule has 112 valence electrons. The molecular formula is C16H26N2O2. The Morgan fingerprint density at radius 1 is 1.35 bits per heavy atom. The van der Waals surface area contributed by atoms with Crippen LogP contribution in [0.15, 0.2) is 24.3 Å². The number of amides is 2. The zero-order valence-electron chi connectivity index (χ0n) is 12.5. The molecule has 0 heterocycles. The molecule has 4 nitrogen and oxygen atoms in total. The van der Waals surface area contributed by atoms with E-state index in [9.17, 15) is 9.90 Å². The minimum Gasteiger partial charge on any atom is -0.508 e. The molecule has 1 atom stereocenters. The van der Waals surface area contributed by atoms with Crippen molar-refractivity contribution < 1.29 is 9.90 Å². The van der Waals surface area contributed by atoms with E-state index in [2.05, 4.69) is 17.6 Å². The summed E-state index contributed by atoms with van der Waals surface area (Å²) in [7, 11) is 0. The van der Waals surface area contributed by atoms with Crippen LogP contribution in [0.5, 0.6) is 5.75 Å². The monoisotopic (exact) mass is 278 g/mol. The van der Waals surface area contributed by atoms with Crippen LogP contribution in [0.2, 0.25) is 0 Å². The second-order valence-electron chi connectivity index (χ2n) is 5.22. The van der Waals surface area contributed by atoms with E-state index < -0.39 is 0 Å². The van der Waals surface area contributed by atoms with Crippen molar-refractivity contribution in [3.05, 3.63) is 29.8 Å².